The molecular weight excluding hydrogens is 721 g/mol. The molecule has 1 radical (unpaired) electrons. The fraction of sp³-hybridized carbons (Fsp3) is 0.105. The van der Waals surface area contributed by atoms with Crippen LogP contribution in [-0.2, 0) is 20.1 Å². The first-order chi connectivity index (χ1) is 20.4. The molecule has 43 heavy (non-hydrogen) atoms. The summed E-state index contributed by atoms with van der Waals surface area (Å²) >= 11 is 0. The maximum atomic E-state index is 6.26. The van der Waals surface area contributed by atoms with Crippen LogP contribution < -0.4 is 5.19 Å². The van der Waals surface area contributed by atoms with Gasteiger partial charge in [0, 0.05) is 37.9 Å². The largest absolute Gasteiger partial charge is 0.501 e. The maximum Gasteiger partial charge on any atom is 0.120 e. The SMILES string of the molecule is Cc1ccnc(-c2[c-]ccc3c2oc2cc([Si](C)(C)C)ccc23)c1.[Ir].[c-]1ccc(-c2ccccc2)cc1-c1ccccn1. The van der Waals surface area contributed by atoms with Gasteiger partial charge in [-0.2, -0.15) is 0 Å². The Hall–Kier alpha value is -4.15. The molecular formula is C38H32IrN2OSi-2. The van der Waals surface area contributed by atoms with E-state index < -0.39 is 8.07 Å². The zero-order chi connectivity index (χ0) is 29.1. The van der Waals surface area contributed by atoms with Crippen LogP contribution in [0.2, 0.25) is 19.6 Å². The number of hydrogen-bond donors (Lipinski definition) is 0. The Morgan fingerprint density at radius 2 is 1.42 bits per heavy atom. The summed E-state index contributed by atoms with van der Waals surface area (Å²) < 4.78 is 6.26. The van der Waals surface area contributed by atoms with Crippen molar-refractivity contribution in [2.75, 3.05) is 0 Å². The van der Waals surface area contributed by atoms with Crippen molar-refractivity contribution in [1.82, 2.24) is 9.97 Å². The van der Waals surface area contributed by atoms with E-state index in [0.29, 0.717) is 0 Å². The molecule has 3 aromatic heterocycles. The van der Waals surface area contributed by atoms with E-state index in [1.54, 1.807) is 6.20 Å². The van der Waals surface area contributed by atoms with Crippen LogP contribution in [0.4, 0.5) is 0 Å². The fourth-order valence-corrected chi connectivity index (χ4v) is 6.17. The Morgan fingerprint density at radius 1 is 0.651 bits per heavy atom. The van der Waals surface area contributed by atoms with E-state index in [0.717, 1.165) is 44.5 Å². The van der Waals surface area contributed by atoms with Gasteiger partial charge in [0.15, 0.2) is 0 Å². The molecule has 0 saturated carbocycles. The fourth-order valence-electron chi connectivity index (χ4n) is 5.02. The number of aryl methyl sites for hydroxylation is 1. The minimum Gasteiger partial charge on any atom is -0.501 e. The predicted octanol–water partition coefficient (Wildman–Crippen LogP) is 9.52. The van der Waals surface area contributed by atoms with E-state index in [2.05, 4.69) is 103 Å². The van der Waals surface area contributed by atoms with E-state index in [9.17, 15) is 0 Å². The first-order valence-electron chi connectivity index (χ1n) is 14.2. The molecule has 0 bridgehead atoms. The van der Waals surface area contributed by atoms with Gasteiger partial charge in [0.1, 0.15) is 5.58 Å². The number of pyridine rings is 2. The first-order valence-corrected chi connectivity index (χ1v) is 17.7. The van der Waals surface area contributed by atoms with E-state index >= 15 is 0 Å². The number of aromatic nitrogens is 2. The van der Waals surface area contributed by atoms with Gasteiger partial charge in [0.2, 0.25) is 0 Å². The van der Waals surface area contributed by atoms with Crippen LogP contribution in [0.15, 0.2) is 126 Å². The molecule has 5 heteroatoms. The van der Waals surface area contributed by atoms with Gasteiger partial charge in [-0.25, -0.2) is 0 Å². The van der Waals surface area contributed by atoms with Crippen LogP contribution in [0.3, 0.4) is 0 Å². The van der Waals surface area contributed by atoms with Gasteiger partial charge in [0.05, 0.1) is 13.7 Å². The van der Waals surface area contributed by atoms with Crippen molar-refractivity contribution in [2.45, 2.75) is 26.6 Å². The van der Waals surface area contributed by atoms with Crippen LogP contribution >= 0.6 is 0 Å². The van der Waals surface area contributed by atoms with Crippen LogP contribution in [0.1, 0.15) is 5.56 Å². The molecule has 0 aliphatic carbocycles. The molecule has 0 aliphatic rings. The normalized spacial score (nSPS) is 11.1. The minimum atomic E-state index is -1.36. The standard InChI is InChI=1S/C21H20NOSi.C17H12N.Ir/c1-14-10-11-22-19(12-14)18-7-5-6-17-16-9-8-15(24(2,3)4)13-20(16)23-21(17)18;1-2-7-14(8-3-1)15-9-6-10-16(13-15)17-11-4-5-12-18-17;/h5-6,8-13H,1-4H3;1-9,11-13H;/q2*-1;. The second kappa shape index (κ2) is 13.0. The second-order valence-corrected chi connectivity index (χ2v) is 16.5. The molecule has 7 rings (SSSR count). The van der Waals surface area contributed by atoms with Crippen LogP contribution in [0.5, 0.6) is 0 Å². The van der Waals surface area contributed by atoms with E-state index in [1.165, 1.54) is 21.9 Å². The molecule has 0 spiro atoms. The Bertz CT molecular complexity index is 1920. The van der Waals surface area contributed by atoms with Gasteiger partial charge >= 0.3 is 0 Å². The van der Waals surface area contributed by atoms with Gasteiger partial charge in [-0.15, -0.1) is 53.6 Å². The topological polar surface area (TPSA) is 38.9 Å². The smallest absolute Gasteiger partial charge is 0.120 e. The number of hydrogen-bond acceptors (Lipinski definition) is 3. The van der Waals surface area contributed by atoms with E-state index in [4.69, 9.17) is 4.42 Å². The van der Waals surface area contributed by atoms with Crippen molar-refractivity contribution in [1.29, 1.82) is 0 Å². The van der Waals surface area contributed by atoms with Crippen LogP contribution in [0, 0.1) is 19.1 Å². The number of nitrogens with zero attached hydrogens (tertiary/aromatic N) is 2. The molecule has 215 valence electrons. The van der Waals surface area contributed by atoms with E-state index in [1.807, 2.05) is 60.8 Å². The van der Waals surface area contributed by atoms with E-state index in [-0.39, 0.29) is 20.1 Å². The zero-order valence-corrected chi connectivity index (χ0v) is 28.1. The zero-order valence-electron chi connectivity index (χ0n) is 24.7. The number of benzene rings is 4. The van der Waals surface area contributed by atoms with Crippen molar-refractivity contribution >= 4 is 35.2 Å². The third-order valence-electron chi connectivity index (χ3n) is 7.32. The molecule has 4 aromatic carbocycles. The van der Waals surface area contributed by atoms with Crippen molar-refractivity contribution in [3.8, 4) is 33.6 Å². The molecule has 0 fully saturated rings. The van der Waals surface area contributed by atoms with Crippen LogP contribution in [-0.4, -0.2) is 18.0 Å². The first kappa shape index (κ1) is 30.3. The second-order valence-electron chi connectivity index (χ2n) is 11.4. The number of furan rings is 1. The Balaban J connectivity index is 0.000000174. The molecule has 0 saturated heterocycles. The minimum absolute atomic E-state index is 0. The molecule has 7 aromatic rings. The monoisotopic (exact) mass is 753 g/mol. The van der Waals surface area contributed by atoms with Crippen molar-refractivity contribution < 1.29 is 24.5 Å². The predicted molar refractivity (Wildman–Crippen MR) is 177 cm³/mol. The number of fused-ring (bicyclic) bond motifs is 3. The third kappa shape index (κ3) is 6.76. The van der Waals surface area contributed by atoms with Gasteiger partial charge < -0.3 is 14.4 Å². The summed E-state index contributed by atoms with van der Waals surface area (Å²) in [6, 6.07) is 43.7. The van der Waals surface area contributed by atoms with Gasteiger partial charge in [-0.1, -0.05) is 102 Å². The molecule has 3 heterocycles. The summed E-state index contributed by atoms with van der Waals surface area (Å²) in [5.74, 6) is 0. The summed E-state index contributed by atoms with van der Waals surface area (Å²) in [7, 11) is -1.36. The van der Waals surface area contributed by atoms with Crippen LogP contribution in [0.25, 0.3) is 55.6 Å². The average molecular weight is 753 g/mol. The van der Waals surface area contributed by atoms with Crippen molar-refractivity contribution in [3.63, 3.8) is 0 Å². The number of rotatable bonds is 4. The Kier molecular flexibility index (Phi) is 9.17. The van der Waals surface area contributed by atoms with Crippen molar-refractivity contribution in [2.24, 2.45) is 0 Å². The molecule has 0 N–H and O–H groups in total. The summed E-state index contributed by atoms with van der Waals surface area (Å²) in [4.78, 5) is 8.86. The summed E-state index contributed by atoms with van der Waals surface area (Å²) in [6.45, 7) is 9.14. The third-order valence-corrected chi connectivity index (χ3v) is 9.36. The van der Waals surface area contributed by atoms with Gasteiger partial charge in [-0.3, -0.25) is 0 Å². The van der Waals surface area contributed by atoms with Crippen molar-refractivity contribution in [3.05, 3.63) is 139 Å². The summed E-state index contributed by atoms with van der Waals surface area (Å²) in [5, 5.41) is 3.70. The van der Waals surface area contributed by atoms with Gasteiger partial charge in [0.25, 0.3) is 0 Å². The molecule has 0 aliphatic heterocycles. The molecule has 0 unspecified atom stereocenters. The average Bonchev–Trinajstić information content (AvgIpc) is 3.40. The maximum absolute atomic E-state index is 6.26. The Labute approximate surface area is 268 Å². The molecule has 0 amide bonds. The molecule has 0 atom stereocenters. The summed E-state index contributed by atoms with van der Waals surface area (Å²) in [5.41, 5.74) is 9.23. The quantitative estimate of drug-likeness (QED) is 0.133. The Morgan fingerprint density at radius 3 is 2.16 bits per heavy atom. The summed E-state index contributed by atoms with van der Waals surface area (Å²) in [6.07, 6.45) is 3.64. The molecule has 3 nitrogen and oxygen atoms in total. The van der Waals surface area contributed by atoms with Gasteiger partial charge in [-0.05, 0) is 42.1 Å².